The Kier molecular flexibility index (Phi) is 1.97. The van der Waals surface area contributed by atoms with Crippen molar-refractivity contribution >= 4 is 0 Å². The van der Waals surface area contributed by atoms with Gasteiger partial charge in [-0.15, -0.1) is 0 Å². The highest BCUT2D eigenvalue weighted by Crippen LogP contribution is 2.31. The van der Waals surface area contributed by atoms with Crippen LogP contribution in [0.2, 0.25) is 0 Å². The molecule has 0 amide bonds. The van der Waals surface area contributed by atoms with Crippen molar-refractivity contribution in [2.24, 2.45) is 0 Å². The fourth-order valence-corrected chi connectivity index (χ4v) is 2.59. The third-order valence-electron chi connectivity index (χ3n) is 3.40. The molecule has 0 saturated heterocycles. The Morgan fingerprint density at radius 2 is 1.57 bits per heavy atom. The number of aryl methyl sites for hydroxylation is 2. The predicted octanol–water partition coefficient (Wildman–Crippen LogP) is 2.89. The van der Waals surface area contributed by atoms with Crippen LogP contribution < -0.4 is 4.74 Å². The highest BCUT2D eigenvalue weighted by molar-refractivity contribution is 5.45. The van der Waals surface area contributed by atoms with Crippen molar-refractivity contribution in [3.05, 3.63) is 28.8 Å². The van der Waals surface area contributed by atoms with Crippen LogP contribution in [0.5, 0.6) is 5.75 Å². The molecule has 1 nitrogen and oxygen atoms in total. The minimum absolute atomic E-state index is 0.887. The molecule has 0 N–H and O–H groups in total. The minimum atomic E-state index is 0.887. The largest absolute Gasteiger partial charge is 0.493 e. The van der Waals surface area contributed by atoms with E-state index in [1.807, 2.05) is 0 Å². The van der Waals surface area contributed by atoms with E-state index in [0.717, 1.165) is 18.8 Å². The van der Waals surface area contributed by atoms with E-state index in [1.165, 1.54) is 37.7 Å². The van der Waals surface area contributed by atoms with Crippen LogP contribution >= 0.6 is 0 Å². The Morgan fingerprint density at radius 1 is 0.786 bits per heavy atom. The fraction of sp³-hybridized carbons (Fsp3) is 0.538. The summed E-state index contributed by atoms with van der Waals surface area (Å²) in [5.41, 5.74) is 4.57. The van der Waals surface area contributed by atoms with Gasteiger partial charge in [0.25, 0.3) is 0 Å². The zero-order valence-electron chi connectivity index (χ0n) is 8.51. The second-order valence-corrected chi connectivity index (χ2v) is 4.39. The van der Waals surface area contributed by atoms with Crippen molar-refractivity contribution in [1.82, 2.24) is 0 Å². The summed E-state index contributed by atoms with van der Waals surface area (Å²) < 4.78 is 5.61. The highest BCUT2D eigenvalue weighted by Gasteiger charge is 2.16. The van der Waals surface area contributed by atoms with Crippen molar-refractivity contribution in [3.8, 4) is 5.75 Å². The molecule has 1 heterocycles. The van der Waals surface area contributed by atoms with Gasteiger partial charge in [-0.1, -0.05) is 12.5 Å². The molecule has 0 aromatic heterocycles. The Hall–Kier alpha value is -0.980. The maximum absolute atomic E-state index is 5.61. The Bertz CT molecular complexity index is 321. The third kappa shape index (κ3) is 1.31. The van der Waals surface area contributed by atoms with Gasteiger partial charge in [0.1, 0.15) is 5.75 Å². The SMILES string of the molecule is c1c2c(cc3c1CCO3)CCCCC2. The van der Waals surface area contributed by atoms with Gasteiger partial charge in [-0.05, 0) is 48.4 Å². The van der Waals surface area contributed by atoms with Gasteiger partial charge in [0.2, 0.25) is 0 Å². The van der Waals surface area contributed by atoms with Crippen LogP contribution in [0, 0.1) is 0 Å². The third-order valence-corrected chi connectivity index (χ3v) is 3.40. The van der Waals surface area contributed by atoms with Gasteiger partial charge in [0, 0.05) is 6.42 Å². The Morgan fingerprint density at radius 3 is 2.43 bits per heavy atom. The predicted molar refractivity (Wildman–Crippen MR) is 56.9 cm³/mol. The van der Waals surface area contributed by atoms with Crippen LogP contribution in [0.1, 0.15) is 36.0 Å². The van der Waals surface area contributed by atoms with Gasteiger partial charge < -0.3 is 4.74 Å². The first-order valence-corrected chi connectivity index (χ1v) is 5.71. The van der Waals surface area contributed by atoms with E-state index in [4.69, 9.17) is 4.74 Å². The lowest BCUT2D eigenvalue weighted by atomic mass is 9.99. The van der Waals surface area contributed by atoms with Crippen molar-refractivity contribution in [2.45, 2.75) is 38.5 Å². The average molecular weight is 188 g/mol. The lowest BCUT2D eigenvalue weighted by Gasteiger charge is -2.08. The number of rotatable bonds is 0. The van der Waals surface area contributed by atoms with Crippen LogP contribution in [0.25, 0.3) is 0 Å². The highest BCUT2D eigenvalue weighted by atomic mass is 16.5. The molecule has 1 heteroatoms. The summed E-state index contributed by atoms with van der Waals surface area (Å²) in [6.45, 7) is 0.887. The number of benzene rings is 1. The second kappa shape index (κ2) is 3.30. The lowest BCUT2D eigenvalue weighted by Crippen LogP contribution is -1.92. The summed E-state index contributed by atoms with van der Waals surface area (Å²) in [6, 6.07) is 4.69. The number of ether oxygens (including phenoxy) is 1. The molecular weight excluding hydrogens is 172 g/mol. The molecule has 1 aliphatic carbocycles. The molecule has 0 fully saturated rings. The first-order chi connectivity index (χ1) is 6.93. The van der Waals surface area contributed by atoms with E-state index in [-0.39, 0.29) is 0 Å². The molecule has 3 rings (SSSR count). The molecule has 1 aromatic rings. The smallest absolute Gasteiger partial charge is 0.122 e. The average Bonchev–Trinajstić information content (AvgIpc) is 2.51. The number of hydrogen-bond acceptors (Lipinski definition) is 1. The summed E-state index contributed by atoms with van der Waals surface area (Å²) in [5.74, 6) is 1.16. The maximum Gasteiger partial charge on any atom is 0.122 e. The molecular formula is C13H16O. The summed E-state index contributed by atoms with van der Waals surface area (Å²) in [7, 11) is 0. The first kappa shape index (κ1) is 8.34. The maximum atomic E-state index is 5.61. The van der Waals surface area contributed by atoms with Gasteiger partial charge >= 0.3 is 0 Å². The molecule has 14 heavy (non-hydrogen) atoms. The Balaban J connectivity index is 2.06. The van der Waals surface area contributed by atoms with Crippen LogP contribution in [0.4, 0.5) is 0 Å². The first-order valence-electron chi connectivity index (χ1n) is 5.71. The fourth-order valence-electron chi connectivity index (χ4n) is 2.59. The molecule has 2 aliphatic rings. The van der Waals surface area contributed by atoms with Crippen molar-refractivity contribution < 1.29 is 4.74 Å². The van der Waals surface area contributed by atoms with E-state index in [0.29, 0.717) is 0 Å². The summed E-state index contributed by atoms with van der Waals surface area (Å²) in [6.07, 6.45) is 7.76. The minimum Gasteiger partial charge on any atom is -0.493 e. The van der Waals surface area contributed by atoms with Crippen molar-refractivity contribution in [1.29, 1.82) is 0 Å². The van der Waals surface area contributed by atoms with E-state index < -0.39 is 0 Å². The van der Waals surface area contributed by atoms with Crippen LogP contribution in [-0.4, -0.2) is 6.61 Å². The van der Waals surface area contributed by atoms with Gasteiger partial charge in [-0.25, -0.2) is 0 Å². The Labute approximate surface area is 85.1 Å². The molecule has 1 aliphatic heterocycles. The van der Waals surface area contributed by atoms with Gasteiger partial charge in [0.15, 0.2) is 0 Å². The number of hydrogen-bond donors (Lipinski definition) is 0. The number of fused-ring (bicyclic) bond motifs is 2. The summed E-state index contributed by atoms with van der Waals surface area (Å²) in [5, 5.41) is 0. The van der Waals surface area contributed by atoms with Crippen LogP contribution in [0.3, 0.4) is 0 Å². The normalized spacial score (nSPS) is 19.4. The molecule has 0 saturated carbocycles. The zero-order chi connectivity index (χ0) is 9.38. The zero-order valence-corrected chi connectivity index (χ0v) is 8.51. The molecule has 0 unspecified atom stereocenters. The van der Waals surface area contributed by atoms with Gasteiger partial charge in [-0.2, -0.15) is 0 Å². The van der Waals surface area contributed by atoms with Crippen LogP contribution in [-0.2, 0) is 19.3 Å². The standard InChI is InChI=1S/C13H16O/c1-2-4-10-8-12-6-7-14-13(12)9-11(10)5-3-1/h8-9H,1-7H2. The quantitative estimate of drug-likeness (QED) is 0.569. The monoisotopic (exact) mass is 188 g/mol. The second-order valence-electron chi connectivity index (χ2n) is 4.39. The van der Waals surface area contributed by atoms with E-state index in [9.17, 15) is 0 Å². The topological polar surface area (TPSA) is 9.23 Å². The van der Waals surface area contributed by atoms with Crippen LogP contribution in [0.15, 0.2) is 12.1 Å². The molecule has 1 aromatic carbocycles. The van der Waals surface area contributed by atoms with E-state index >= 15 is 0 Å². The van der Waals surface area contributed by atoms with Gasteiger partial charge in [0.05, 0.1) is 6.61 Å². The molecule has 0 radical (unpaired) electrons. The summed E-state index contributed by atoms with van der Waals surface area (Å²) >= 11 is 0. The van der Waals surface area contributed by atoms with Gasteiger partial charge in [-0.3, -0.25) is 0 Å². The molecule has 74 valence electrons. The molecule has 0 bridgehead atoms. The lowest BCUT2D eigenvalue weighted by molar-refractivity contribution is 0.356. The summed E-state index contributed by atoms with van der Waals surface area (Å²) in [4.78, 5) is 0. The van der Waals surface area contributed by atoms with Crippen molar-refractivity contribution in [3.63, 3.8) is 0 Å². The van der Waals surface area contributed by atoms with E-state index in [2.05, 4.69) is 12.1 Å². The van der Waals surface area contributed by atoms with Crippen molar-refractivity contribution in [2.75, 3.05) is 6.61 Å². The molecule has 0 spiro atoms. The molecule has 0 atom stereocenters. The van der Waals surface area contributed by atoms with E-state index in [1.54, 1.807) is 11.1 Å².